The molecule has 16 heavy (non-hydrogen) atoms. The number of nitrogen functional groups attached to an aromatic ring is 1. The van der Waals surface area contributed by atoms with E-state index in [4.69, 9.17) is 10.5 Å². The van der Waals surface area contributed by atoms with Gasteiger partial charge in [-0.3, -0.25) is 0 Å². The van der Waals surface area contributed by atoms with E-state index in [-0.39, 0.29) is 0 Å². The molecule has 0 aliphatic heterocycles. The number of nitrogens with zero attached hydrogens (tertiary/aromatic N) is 2. The Hall–Kier alpha value is -1.52. The third-order valence-electron chi connectivity index (χ3n) is 2.75. The molecule has 0 unspecified atom stereocenters. The number of methoxy groups -OCH3 is 1. The van der Waals surface area contributed by atoms with Crippen LogP contribution in [0, 0.1) is 5.92 Å². The van der Waals surface area contributed by atoms with Gasteiger partial charge < -0.3 is 15.8 Å². The number of rotatable bonds is 6. The molecule has 0 aromatic carbocycles. The van der Waals surface area contributed by atoms with E-state index in [1.807, 2.05) is 0 Å². The molecule has 0 bridgehead atoms. The van der Waals surface area contributed by atoms with Crippen LogP contribution in [0.4, 0.5) is 11.5 Å². The van der Waals surface area contributed by atoms with Gasteiger partial charge in [-0.25, -0.2) is 4.98 Å². The lowest BCUT2D eigenvalue weighted by atomic mass is 10.0. The first-order chi connectivity index (χ1) is 7.72. The molecule has 0 saturated carbocycles. The minimum absolute atomic E-state index is 0.419. The summed E-state index contributed by atoms with van der Waals surface area (Å²) in [4.78, 5) is 8.03. The first kappa shape index (κ1) is 12.5. The summed E-state index contributed by atoms with van der Waals surface area (Å²) in [5, 5.41) is 3.23. The Kier molecular flexibility index (Phi) is 4.82. The van der Waals surface area contributed by atoms with Crippen LogP contribution in [0.1, 0.15) is 26.7 Å². The zero-order valence-electron chi connectivity index (χ0n) is 10.2. The summed E-state index contributed by atoms with van der Waals surface area (Å²) in [6.45, 7) is 5.23. The number of hydrogen-bond donors (Lipinski definition) is 2. The fraction of sp³-hybridized carbons (Fsp3) is 0.636. The van der Waals surface area contributed by atoms with Gasteiger partial charge in [-0.1, -0.05) is 26.7 Å². The molecule has 1 rings (SSSR count). The molecule has 5 nitrogen and oxygen atoms in total. The third kappa shape index (κ3) is 2.98. The maximum atomic E-state index is 5.85. The fourth-order valence-corrected chi connectivity index (χ4v) is 1.50. The summed E-state index contributed by atoms with van der Waals surface area (Å²) in [5.74, 6) is 1.71. The molecule has 0 radical (unpaired) electrons. The van der Waals surface area contributed by atoms with Crippen LogP contribution in [0.2, 0.25) is 0 Å². The Morgan fingerprint density at radius 3 is 2.62 bits per heavy atom. The first-order valence-electron chi connectivity index (χ1n) is 5.61. The van der Waals surface area contributed by atoms with E-state index in [0.29, 0.717) is 23.3 Å². The molecule has 0 saturated heterocycles. The van der Waals surface area contributed by atoms with Crippen molar-refractivity contribution in [3.8, 4) is 5.88 Å². The Morgan fingerprint density at radius 2 is 2.06 bits per heavy atom. The Bertz CT molecular complexity index is 326. The standard InChI is InChI=1S/C11H20N4O/c1-4-8(5-2)6-13-10-9(12)11(16-3)15-7-14-10/h7-8H,4-6,12H2,1-3H3,(H,13,14,15). The van der Waals surface area contributed by atoms with Gasteiger partial charge in [-0.05, 0) is 5.92 Å². The highest BCUT2D eigenvalue weighted by atomic mass is 16.5. The normalized spacial score (nSPS) is 10.5. The van der Waals surface area contributed by atoms with E-state index in [0.717, 1.165) is 19.4 Å². The topological polar surface area (TPSA) is 73.1 Å². The van der Waals surface area contributed by atoms with Gasteiger partial charge in [0, 0.05) is 6.54 Å². The lowest BCUT2D eigenvalue weighted by Gasteiger charge is -2.15. The van der Waals surface area contributed by atoms with Crippen molar-refractivity contribution < 1.29 is 4.74 Å². The molecule has 1 aromatic heterocycles. The molecule has 5 heteroatoms. The fourth-order valence-electron chi connectivity index (χ4n) is 1.50. The van der Waals surface area contributed by atoms with Crippen LogP contribution >= 0.6 is 0 Å². The predicted octanol–water partition coefficient (Wildman–Crippen LogP) is 1.92. The summed E-state index contributed by atoms with van der Waals surface area (Å²) in [5.41, 5.74) is 6.32. The molecular formula is C11H20N4O. The van der Waals surface area contributed by atoms with Gasteiger partial charge in [0.15, 0.2) is 5.82 Å². The van der Waals surface area contributed by atoms with E-state index in [1.165, 1.54) is 6.33 Å². The van der Waals surface area contributed by atoms with E-state index in [1.54, 1.807) is 7.11 Å². The largest absolute Gasteiger partial charge is 0.479 e. The molecule has 1 aromatic rings. The van der Waals surface area contributed by atoms with E-state index in [9.17, 15) is 0 Å². The van der Waals surface area contributed by atoms with E-state index < -0.39 is 0 Å². The van der Waals surface area contributed by atoms with Crippen molar-refractivity contribution in [1.29, 1.82) is 0 Å². The highest BCUT2D eigenvalue weighted by Gasteiger charge is 2.09. The van der Waals surface area contributed by atoms with Crippen LogP contribution < -0.4 is 15.8 Å². The lowest BCUT2D eigenvalue weighted by molar-refractivity contribution is 0.399. The minimum Gasteiger partial charge on any atom is -0.479 e. The summed E-state index contributed by atoms with van der Waals surface area (Å²) >= 11 is 0. The number of ether oxygens (including phenoxy) is 1. The Balaban J connectivity index is 2.66. The Morgan fingerprint density at radius 1 is 1.38 bits per heavy atom. The highest BCUT2D eigenvalue weighted by molar-refractivity contribution is 5.66. The van der Waals surface area contributed by atoms with Crippen LogP contribution in [0.5, 0.6) is 5.88 Å². The van der Waals surface area contributed by atoms with E-state index >= 15 is 0 Å². The predicted molar refractivity (Wildman–Crippen MR) is 65.6 cm³/mol. The number of aromatic nitrogens is 2. The number of hydrogen-bond acceptors (Lipinski definition) is 5. The van der Waals surface area contributed by atoms with Gasteiger partial charge >= 0.3 is 0 Å². The lowest BCUT2D eigenvalue weighted by Crippen LogP contribution is -2.15. The van der Waals surface area contributed by atoms with Crippen molar-refractivity contribution in [1.82, 2.24) is 9.97 Å². The zero-order chi connectivity index (χ0) is 12.0. The molecule has 3 N–H and O–H groups in total. The summed E-state index contributed by atoms with van der Waals surface area (Å²) < 4.78 is 5.03. The van der Waals surface area contributed by atoms with Gasteiger partial charge in [-0.15, -0.1) is 0 Å². The van der Waals surface area contributed by atoms with Gasteiger partial charge in [0.05, 0.1) is 7.11 Å². The molecule has 0 fully saturated rings. The van der Waals surface area contributed by atoms with Crippen LogP contribution in [0.25, 0.3) is 0 Å². The van der Waals surface area contributed by atoms with Gasteiger partial charge in [0.2, 0.25) is 5.88 Å². The third-order valence-corrected chi connectivity index (χ3v) is 2.75. The van der Waals surface area contributed by atoms with Crippen LogP contribution in [-0.4, -0.2) is 23.6 Å². The molecule has 0 spiro atoms. The van der Waals surface area contributed by atoms with Crippen molar-refractivity contribution >= 4 is 11.5 Å². The maximum Gasteiger partial charge on any atom is 0.242 e. The van der Waals surface area contributed by atoms with Crippen LogP contribution in [0.15, 0.2) is 6.33 Å². The second-order valence-electron chi connectivity index (χ2n) is 3.71. The second-order valence-corrected chi connectivity index (χ2v) is 3.71. The molecular weight excluding hydrogens is 204 g/mol. The summed E-state index contributed by atoms with van der Waals surface area (Å²) in [7, 11) is 1.55. The van der Waals surface area contributed by atoms with Gasteiger partial charge in [-0.2, -0.15) is 4.98 Å². The number of nitrogens with two attached hydrogens (primary N) is 1. The summed E-state index contributed by atoms with van der Waals surface area (Å²) in [6.07, 6.45) is 3.74. The second kappa shape index (κ2) is 6.15. The summed E-state index contributed by atoms with van der Waals surface area (Å²) in [6, 6.07) is 0. The highest BCUT2D eigenvalue weighted by Crippen LogP contribution is 2.24. The van der Waals surface area contributed by atoms with Crippen LogP contribution in [-0.2, 0) is 0 Å². The van der Waals surface area contributed by atoms with Crippen molar-refractivity contribution in [3.63, 3.8) is 0 Å². The molecule has 0 aliphatic rings. The number of nitrogens with one attached hydrogen (secondary N) is 1. The average Bonchev–Trinajstić information content (AvgIpc) is 2.32. The van der Waals surface area contributed by atoms with Gasteiger partial charge in [0.1, 0.15) is 12.0 Å². The van der Waals surface area contributed by atoms with Gasteiger partial charge in [0.25, 0.3) is 0 Å². The first-order valence-corrected chi connectivity index (χ1v) is 5.61. The molecule has 0 atom stereocenters. The number of anilines is 2. The SMILES string of the molecule is CCC(CC)CNc1ncnc(OC)c1N. The maximum absolute atomic E-state index is 5.85. The average molecular weight is 224 g/mol. The monoisotopic (exact) mass is 224 g/mol. The molecule has 0 amide bonds. The molecule has 0 aliphatic carbocycles. The van der Waals surface area contributed by atoms with Crippen LogP contribution in [0.3, 0.4) is 0 Å². The minimum atomic E-state index is 0.419. The molecule has 1 heterocycles. The van der Waals surface area contributed by atoms with Crippen molar-refractivity contribution in [3.05, 3.63) is 6.33 Å². The Labute approximate surface area is 96.4 Å². The quantitative estimate of drug-likeness (QED) is 0.772. The van der Waals surface area contributed by atoms with Crippen molar-refractivity contribution in [2.45, 2.75) is 26.7 Å². The van der Waals surface area contributed by atoms with E-state index in [2.05, 4.69) is 29.1 Å². The smallest absolute Gasteiger partial charge is 0.242 e. The zero-order valence-corrected chi connectivity index (χ0v) is 10.2. The molecule has 90 valence electrons. The van der Waals surface area contributed by atoms with Crippen molar-refractivity contribution in [2.75, 3.05) is 24.7 Å². The van der Waals surface area contributed by atoms with Crippen molar-refractivity contribution in [2.24, 2.45) is 5.92 Å².